The smallest absolute Gasteiger partial charge is 0.0556 e. The van der Waals surface area contributed by atoms with Crippen LogP contribution in [0.4, 0.5) is 0 Å². The Morgan fingerprint density at radius 2 is 2.25 bits per heavy atom. The standard InChI is InChI=1S/C13H25NO2/c1-2-14(8-12-4-5-12)9-13(10-15)6-3-7-16-11-13/h12,15H,2-11H2,1H3. The molecule has 1 heterocycles. The molecule has 3 nitrogen and oxygen atoms in total. The second-order valence-corrected chi connectivity index (χ2v) is 5.59. The van der Waals surface area contributed by atoms with Gasteiger partial charge in [0.1, 0.15) is 0 Å². The minimum Gasteiger partial charge on any atom is -0.396 e. The summed E-state index contributed by atoms with van der Waals surface area (Å²) in [7, 11) is 0. The fourth-order valence-corrected chi connectivity index (χ4v) is 2.65. The number of hydrogen-bond donors (Lipinski definition) is 1. The highest BCUT2D eigenvalue weighted by molar-refractivity contribution is 4.86. The second kappa shape index (κ2) is 5.48. The molecule has 1 N–H and O–H groups in total. The van der Waals surface area contributed by atoms with Crippen LogP contribution in [0.25, 0.3) is 0 Å². The molecule has 2 fully saturated rings. The summed E-state index contributed by atoms with van der Waals surface area (Å²) in [6.45, 7) is 7.43. The quantitative estimate of drug-likeness (QED) is 0.746. The molecular weight excluding hydrogens is 202 g/mol. The molecule has 0 bridgehead atoms. The van der Waals surface area contributed by atoms with E-state index in [2.05, 4.69) is 11.8 Å². The van der Waals surface area contributed by atoms with E-state index in [-0.39, 0.29) is 12.0 Å². The number of ether oxygens (including phenoxy) is 1. The van der Waals surface area contributed by atoms with E-state index in [1.54, 1.807) is 0 Å². The van der Waals surface area contributed by atoms with Crippen LogP contribution in [0.2, 0.25) is 0 Å². The van der Waals surface area contributed by atoms with Crippen molar-refractivity contribution in [2.75, 3.05) is 39.5 Å². The summed E-state index contributed by atoms with van der Waals surface area (Å²) in [5.41, 5.74) is 0.0170. The Hall–Kier alpha value is -0.120. The van der Waals surface area contributed by atoms with Crippen LogP contribution in [-0.2, 0) is 4.74 Å². The fraction of sp³-hybridized carbons (Fsp3) is 1.00. The van der Waals surface area contributed by atoms with Gasteiger partial charge in [-0.05, 0) is 38.1 Å². The fourth-order valence-electron chi connectivity index (χ4n) is 2.65. The third-order valence-electron chi connectivity index (χ3n) is 3.96. The lowest BCUT2D eigenvalue weighted by Crippen LogP contribution is -2.46. The van der Waals surface area contributed by atoms with E-state index in [1.807, 2.05) is 0 Å². The average molecular weight is 227 g/mol. The molecule has 0 aromatic carbocycles. The van der Waals surface area contributed by atoms with Crippen LogP contribution in [0, 0.1) is 11.3 Å². The number of nitrogens with zero attached hydrogens (tertiary/aromatic N) is 1. The average Bonchev–Trinajstić information content (AvgIpc) is 3.13. The van der Waals surface area contributed by atoms with Gasteiger partial charge in [0.05, 0.1) is 13.2 Å². The molecule has 0 amide bonds. The zero-order valence-corrected chi connectivity index (χ0v) is 10.5. The minimum atomic E-state index is 0.0170. The van der Waals surface area contributed by atoms with Crippen molar-refractivity contribution >= 4 is 0 Å². The first-order valence-electron chi connectivity index (χ1n) is 6.69. The molecule has 2 aliphatic rings. The molecule has 1 saturated carbocycles. The van der Waals surface area contributed by atoms with Crippen LogP contribution in [0.1, 0.15) is 32.6 Å². The van der Waals surface area contributed by atoms with E-state index >= 15 is 0 Å². The summed E-state index contributed by atoms with van der Waals surface area (Å²) in [6, 6.07) is 0. The minimum absolute atomic E-state index is 0.0170. The SMILES string of the molecule is CCN(CC1CC1)CC1(CO)CCCOC1. The molecule has 2 rings (SSSR count). The normalized spacial score (nSPS) is 30.9. The predicted molar refractivity (Wildman–Crippen MR) is 64.4 cm³/mol. The molecular formula is C13H25NO2. The lowest BCUT2D eigenvalue weighted by molar-refractivity contribution is -0.0552. The van der Waals surface area contributed by atoms with Gasteiger partial charge < -0.3 is 14.7 Å². The largest absolute Gasteiger partial charge is 0.396 e. The lowest BCUT2D eigenvalue weighted by atomic mass is 9.82. The number of aliphatic hydroxyl groups is 1. The van der Waals surface area contributed by atoms with Crippen molar-refractivity contribution in [1.82, 2.24) is 4.90 Å². The number of hydrogen-bond acceptors (Lipinski definition) is 3. The topological polar surface area (TPSA) is 32.7 Å². The molecule has 0 aromatic rings. The maximum atomic E-state index is 9.63. The molecule has 1 unspecified atom stereocenters. The zero-order chi connectivity index (χ0) is 11.4. The van der Waals surface area contributed by atoms with E-state index in [4.69, 9.17) is 4.74 Å². The first-order valence-corrected chi connectivity index (χ1v) is 6.69. The highest BCUT2D eigenvalue weighted by atomic mass is 16.5. The van der Waals surface area contributed by atoms with Gasteiger partial charge in [-0.15, -0.1) is 0 Å². The van der Waals surface area contributed by atoms with Crippen LogP contribution < -0.4 is 0 Å². The predicted octanol–water partition coefficient (Wildman–Crippen LogP) is 1.51. The summed E-state index contributed by atoms with van der Waals surface area (Å²) in [5.74, 6) is 0.931. The van der Waals surface area contributed by atoms with Gasteiger partial charge in [0, 0.05) is 25.1 Å². The molecule has 3 heteroatoms. The van der Waals surface area contributed by atoms with Crippen molar-refractivity contribution in [3.63, 3.8) is 0 Å². The van der Waals surface area contributed by atoms with E-state index in [1.165, 1.54) is 19.4 Å². The van der Waals surface area contributed by atoms with Crippen LogP contribution in [0.5, 0.6) is 0 Å². The van der Waals surface area contributed by atoms with Crippen molar-refractivity contribution < 1.29 is 9.84 Å². The Kier molecular flexibility index (Phi) is 4.22. The van der Waals surface area contributed by atoms with Crippen molar-refractivity contribution in [1.29, 1.82) is 0 Å². The van der Waals surface area contributed by atoms with Gasteiger partial charge in [-0.25, -0.2) is 0 Å². The van der Waals surface area contributed by atoms with Crippen molar-refractivity contribution in [2.24, 2.45) is 11.3 Å². The molecule has 1 aliphatic carbocycles. The molecule has 0 radical (unpaired) electrons. The molecule has 0 aromatic heterocycles. The summed E-state index contributed by atoms with van der Waals surface area (Å²) in [5, 5.41) is 9.63. The molecule has 94 valence electrons. The zero-order valence-electron chi connectivity index (χ0n) is 10.5. The van der Waals surface area contributed by atoms with E-state index < -0.39 is 0 Å². The lowest BCUT2D eigenvalue weighted by Gasteiger charge is -2.39. The van der Waals surface area contributed by atoms with E-state index in [0.717, 1.165) is 45.1 Å². The molecule has 16 heavy (non-hydrogen) atoms. The summed E-state index contributed by atoms with van der Waals surface area (Å²) < 4.78 is 5.56. The van der Waals surface area contributed by atoms with Crippen LogP contribution >= 0.6 is 0 Å². The number of rotatable bonds is 6. The summed E-state index contributed by atoms with van der Waals surface area (Å²) in [6.07, 6.45) is 5.02. The van der Waals surface area contributed by atoms with Crippen LogP contribution in [-0.4, -0.2) is 49.5 Å². The summed E-state index contributed by atoms with van der Waals surface area (Å²) in [4.78, 5) is 2.50. The Labute approximate surface area is 98.8 Å². The molecule has 1 saturated heterocycles. The van der Waals surface area contributed by atoms with Gasteiger partial charge in [-0.1, -0.05) is 6.92 Å². The molecule has 1 aliphatic heterocycles. The molecule has 0 spiro atoms. The first-order chi connectivity index (χ1) is 7.78. The first kappa shape index (κ1) is 12.3. The Bertz CT molecular complexity index is 210. The highest BCUT2D eigenvalue weighted by Crippen LogP contribution is 2.33. The van der Waals surface area contributed by atoms with Crippen molar-refractivity contribution in [2.45, 2.75) is 32.6 Å². The second-order valence-electron chi connectivity index (χ2n) is 5.59. The summed E-state index contributed by atoms with van der Waals surface area (Å²) >= 11 is 0. The molecule has 1 atom stereocenters. The van der Waals surface area contributed by atoms with Gasteiger partial charge in [-0.3, -0.25) is 0 Å². The van der Waals surface area contributed by atoms with E-state index in [9.17, 15) is 5.11 Å². The van der Waals surface area contributed by atoms with Crippen molar-refractivity contribution in [3.05, 3.63) is 0 Å². The monoisotopic (exact) mass is 227 g/mol. The third kappa shape index (κ3) is 3.19. The van der Waals surface area contributed by atoms with Gasteiger partial charge in [-0.2, -0.15) is 0 Å². The Morgan fingerprint density at radius 3 is 2.75 bits per heavy atom. The maximum Gasteiger partial charge on any atom is 0.0556 e. The van der Waals surface area contributed by atoms with Crippen LogP contribution in [0.3, 0.4) is 0 Å². The highest BCUT2D eigenvalue weighted by Gasteiger charge is 2.35. The van der Waals surface area contributed by atoms with Gasteiger partial charge in [0.2, 0.25) is 0 Å². The Balaban J connectivity index is 1.86. The Morgan fingerprint density at radius 1 is 1.44 bits per heavy atom. The van der Waals surface area contributed by atoms with Gasteiger partial charge in [0.25, 0.3) is 0 Å². The van der Waals surface area contributed by atoms with E-state index in [0.29, 0.717) is 0 Å². The van der Waals surface area contributed by atoms with Gasteiger partial charge in [0.15, 0.2) is 0 Å². The van der Waals surface area contributed by atoms with Crippen molar-refractivity contribution in [3.8, 4) is 0 Å². The number of aliphatic hydroxyl groups excluding tert-OH is 1. The maximum absolute atomic E-state index is 9.63. The van der Waals surface area contributed by atoms with Gasteiger partial charge >= 0.3 is 0 Å². The van der Waals surface area contributed by atoms with Crippen LogP contribution in [0.15, 0.2) is 0 Å². The third-order valence-corrected chi connectivity index (χ3v) is 3.96.